The van der Waals surface area contributed by atoms with E-state index in [1.165, 1.54) is 18.5 Å². The van der Waals surface area contributed by atoms with E-state index in [2.05, 4.69) is 33.5 Å². The van der Waals surface area contributed by atoms with Gasteiger partial charge in [0.25, 0.3) is 0 Å². The first-order valence-electron chi connectivity index (χ1n) is 17.0. The summed E-state index contributed by atoms with van der Waals surface area (Å²) in [4.78, 5) is 21.5. The molecule has 2 aliphatic rings. The summed E-state index contributed by atoms with van der Waals surface area (Å²) in [6.45, 7) is 11.6. The van der Waals surface area contributed by atoms with Gasteiger partial charge in [-0.3, -0.25) is 4.90 Å². The maximum absolute atomic E-state index is 14.7. The minimum absolute atomic E-state index is 0.0783. The number of allylic oxidation sites excluding steroid dienone is 2. The summed E-state index contributed by atoms with van der Waals surface area (Å²) < 4.78 is 34.5. The Hall–Kier alpha value is -4.45. The van der Waals surface area contributed by atoms with Gasteiger partial charge in [0, 0.05) is 57.3 Å². The summed E-state index contributed by atoms with van der Waals surface area (Å²) in [5.41, 5.74) is 4.09. The lowest BCUT2D eigenvalue weighted by molar-refractivity contribution is -0.145. The van der Waals surface area contributed by atoms with Crippen LogP contribution in [0.2, 0.25) is 0 Å². The van der Waals surface area contributed by atoms with Crippen molar-refractivity contribution in [3.8, 4) is 22.8 Å². The molecule has 1 saturated carbocycles. The van der Waals surface area contributed by atoms with Crippen molar-refractivity contribution >= 4 is 23.1 Å². The molecule has 2 aromatic carbocycles. The fourth-order valence-electron chi connectivity index (χ4n) is 6.13. The van der Waals surface area contributed by atoms with E-state index in [4.69, 9.17) is 25.8 Å². The predicted molar refractivity (Wildman–Crippen MR) is 190 cm³/mol. The van der Waals surface area contributed by atoms with Crippen LogP contribution < -0.4 is 9.47 Å². The van der Waals surface area contributed by atoms with Crippen LogP contribution in [-0.2, 0) is 22.4 Å². The smallest absolute Gasteiger partial charge is 0.345 e. The number of hydrogen-bond acceptors (Lipinski definition) is 8. The average molecular weight is 704 g/mol. The van der Waals surface area contributed by atoms with Crippen molar-refractivity contribution in [2.24, 2.45) is 5.92 Å². The zero-order valence-electron chi connectivity index (χ0n) is 28.5. The number of aliphatic carboxylic acids is 1. The fraction of sp³-hybridized carbons (Fsp3) is 0.395. The van der Waals surface area contributed by atoms with Crippen molar-refractivity contribution in [1.82, 2.24) is 24.4 Å². The summed E-state index contributed by atoms with van der Waals surface area (Å²) in [7, 11) is 2.12. The lowest BCUT2D eigenvalue weighted by Crippen LogP contribution is -2.45. The number of hydrogen-bond donors (Lipinski definition) is 1. The molecule has 2 aromatic heterocycles. The number of nitrogens with zero attached hydrogens (tertiary/aromatic N) is 5. The van der Waals surface area contributed by atoms with E-state index in [1.807, 2.05) is 31.2 Å². The predicted octanol–water partition coefficient (Wildman–Crippen LogP) is 6.15. The molecule has 0 unspecified atom stereocenters. The van der Waals surface area contributed by atoms with Gasteiger partial charge in [0.15, 0.2) is 0 Å². The molecule has 1 atom stereocenters. The number of carboxylic acids is 1. The maximum Gasteiger partial charge on any atom is 0.345 e. The van der Waals surface area contributed by atoms with Crippen LogP contribution in [0.15, 0.2) is 78.4 Å². The number of carboxylic acid groups (broad SMARTS) is 1. The van der Waals surface area contributed by atoms with Crippen LogP contribution in [0.1, 0.15) is 29.5 Å². The number of benzene rings is 2. The number of piperazine rings is 1. The van der Waals surface area contributed by atoms with Gasteiger partial charge >= 0.3 is 5.97 Å². The Labute approximate surface area is 296 Å². The molecule has 1 saturated heterocycles. The number of ether oxygens (including phenoxy) is 3. The lowest BCUT2D eigenvalue weighted by atomic mass is 9.96. The lowest BCUT2D eigenvalue weighted by Gasteiger charge is -2.32. The van der Waals surface area contributed by atoms with E-state index in [9.17, 15) is 14.3 Å². The minimum Gasteiger partial charge on any atom is -0.493 e. The first-order valence-corrected chi connectivity index (χ1v) is 17.3. The highest BCUT2D eigenvalue weighted by Gasteiger charge is 2.27. The van der Waals surface area contributed by atoms with Crippen molar-refractivity contribution in [3.05, 3.63) is 101 Å². The Bertz CT molecular complexity index is 1870. The number of rotatable bonds is 16. The van der Waals surface area contributed by atoms with Gasteiger partial charge in [-0.2, -0.15) is 10.1 Å². The third-order valence-corrected chi connectivity index (χ3v) is 9.61. The molecular formula is C38H43ClFN5O5. The topological polar surface area (TPSA) is 102 Å². The Morgan fingerprint density at radius 3 is 2.66 bits per heavy atom. The fourth-order valence-corrected chi connectivity index (χ4v) is 6.41. The van der Waals surface area contributed by atoms with Crippen LogP contribution >= 0.6 is 11.6 Å². The summed E-state index contributed by atoms with van der Waals surface area (Å²) >= 11 is 6.81. The molecule has 0 amide bonds. The molecule has 1 aliphatic carbocycles. The summed E-state index contributed by atoms with van der Waals surface area (Å²) in [5.74, 6) is 0.250. The van der Waals surface area contributed by atoms with Gasteiger partial charge in [-0.05, 0) is 79.3 Å². The van der Waals surface area contributed by atoms with E-state index in [1.54, 1.807) is 22.9 Å². The first-order chi connectivity index (χ1) is 24.2. The molecule has 1 N–H and O–H groups in total. The molecule has 3 heterocycles. The molecule has 264 valence electrons. The van der Waals surface area contributed by atoms with E-state index in [0.29, 0.717) is 46.8 Å². The van der Waals surface area contributed by atoms with Crippen molar-refractivity contribution in [2.45, 2.75) is 38.7 Å². The molecule has 50 heavy (non-hydrogen) atoms. The number of likely N-dealkylation sites (N-methyl/N-ethyl adjacent to an activating group) is 1. The van der Waals surface area contributed by atoms with Crippen molar-refractivity contribution in [1.29, 1.82) is 0 Å². The van der Waals surface area contributed by atoms with E-state index in [0.717, 1.165) is 67.8 Å². The number of para-hydroxylation sites is 1. The van der Waals surface area contributed by atoms with Crippen LogP contribution in [0.25, 0.3) is 16.6 Å². The monoisotopic (exact) mass is 703 g/mol. The molecule has 1 aliphatic heterocycles. The molecule has 6 rings (SSSR count). The largest absolute Gasteiger partial charge is 0.493 e. The van der Waals surface area contributed by atoms with Gasteiger partial charge in [0.05, 0.1) is 11.6 Å². The number of aromatic nitrogens is 3. The Balaban J connectivity index is 1.23. The molecule has 2 fully saturated rings. The van der Waals surface area contributed by atoms with Crippen molar-refractivity contribution in [3.63, 3.8) is 0 Å². The number of aryl methyl sites for hydroxylation is 1. The molecule has 10 nitrogen and oxygen atoms in total. The molecule has 0 spiro atoms. The molecule has 0 radical (unpaired) electrons. The summed E-state index contributed by atoms with van der Waals surface area (Å²) in [5, 5.41) is 15.0. The van der Waals surface area contributed by atoms with Gasteiger partial charge in [-0.1, -0.05) is 42.4 Å². The average Bonchev–Trinajstić information content (AvgIpc) is 3.88. The van der Waals surface area contributed by atoms with E-state index in [-0.39, 0.29) is 18.7 Å². The second-order valence-electron chi connectivity index (χ2n) is 13.0. The van der Waals surface area contributed by atoms with E-state index < -0.39 is 17.9 Å². The zero-order chi connectivity index (χ0) is 35.2. The third-order valence-electron chi connectivity index (χ3n) is 9.29. The second-order valence-corrected chi connectivity index (χ2v) is 13.4. The Morgan fingerprint density at radius 1 is 1.14 bits per heavy atom. The SMILES string of the molecule is C=C/C(OCCN1CCN(C)CC1)=C(/Cl)Cc1cc(F)ccc1-c1cn2ncnc(O[C@H](Cc3ccccc3OCC3CC3)C(=O)O)c2c1C. The molecule has 4 aromatic rings. The summed E-state index contributed by atoms with van der Waals surface area (Å²) in [6.07, 6.45) is 6.04. The van der Waals surface area contributed by atoms with Crippen LogP contribution in [0.4, 0.5) is 4.39 Å². The molecule has 12 heteroatoms. The molecule has 0 bridgehead atoms. The zero-order valence-corrected chi connectivity index (χ0v) is 29.2. The van der Waals surface area contributed by atoms with Crippen LogP contribution in [0.3, 0.4) is 0 Å². The highest BCUT2D eigenvalue weighted by atomic mass is 35.5. The third kappa shape index (κ3) is 8.64. The highest BCUT2D eigenvalue weighted by Crippen LogP contribution is 2.36. The van der Waals surface area contributed by atoms with Gasteiger partial charge in [-0.25, -0.2) is 13.7 Å². The van der Waals surface area contributed by atoms with Gasteiger partial charge in [-0.15, -0.1) is 0 Å². The van der Waals surface area contributed by atoms with Crippen LogP contribution in [-0.4, -0.2) is 94.6 Å². The Morgan fingerprint density at radius 2 is 1.92 bits per heavy atom. The maximum atomic E-state index is 14.7. The number of carbonyl (C=O) groups is 1. The minimum atomic E-state index is -1.24. The van der Waals surface area contributed by atoms with Crippen molar-refractivity contribution in [2.75, 3.05) is 53.0 Å². The van der Waals surface area contributed by atoms with Gasteiger partial charge in [0.2, 0.25) is 12.0 Å². The quantitative estimate of drug-likeness (QED) is 0.109. The number of halogens is 2. The van der Waals surface area contributed by atoms with E-state index >= 15 is 0 Å². The van der Waals surface area contributed by atoms with Crippen LogP contribution in [0, 0.1) is 18.7 Å². The normalized spacial score (nSPS) is 16.6. The first kappa shape index (κ1) is 35.4. The van der Waals surface area contributed by atoms with Crippen molar-refractivity contribution < 1.29 is 28.5 Å². The Kier molecular flexibility index (Phi) is 11.4. The van der Waals surface area contributed by atoms with Crippen LogP contribution in [0.5, 0.6) is 11.6 Å². The van der Waals surface area contributed by atoms with Gasteiger partial charge < -0.3 is 24.2 Å². The molecular weight excluding hydrogens is 661 g/mol. The van der Waals surface area contributed by atoms with Gasteiger partial charge in [0.1, 0.15) is 35.8 Å². The standard InChI is InChI=1S/C38H43ClFN5O5/c1-4-33(48-18-17-44-15-13-43(3)14-16-44)32(39)20-28-19-29(40)11-12-30(28)31-22-45-36(25(31)2)37(41-24-42-45)50-35(38(46)47)21-27-7-5-6-8-34(27)49-23-26-9-10-26/h4-8,11-12,19,22,24,26,35H,1,9-10,13-18,20-21,23H2,2-3H3,(H,46,47)/b33-32-/t35-/m1/s1. The second kappa shape index (κ2) is 16.1. The highest BCUT2D eigenvalue weighted by molar-refractivity contribution is 6.30. The number of fused-ring (bicyclic) bond motifs is 1. The summed E-state index contributed by atoms with van der Waals surface area (Å²) in [6, 6.07) is 12.0.